The zero-order valence-corrected chi connectivity index (χ0v) is 18.6. The summed E-state index contributed by atoms with van der Waals surface area (Å²) in [5.74, 6) is -1.47. The second kappa shape index (κ2) is 8.53. The van der Waals surface area contributed by atoms with Gasteiger partial charge in [-0.2, -0.15) is 16.8 Å². The highest BCUT2D eigenvalue weighted by molar-refractivity contribution is 7.85. The lowest BCUT2D eigenvalue weighted by atomic mass is 10.1. The first-order valence-corrected chi connectivity index (χ1v) is 11.8. The fourth-order valence-electron chi connectivity index (χ4n) is 2.99. The van der Waals surface area contributed by atoms with Crippen molar-refractivity contribution in [2.24, 2.45) is 0 Å². The van der Waals surface area contributed by atoms with Crippen LogP contribution < -0.4 is 9.08 Å². The molecule has 0 atom stereocenters. The highest BCUT2D eigenvalue weighted by atomic mass is 32.3. The Bertz CT molecular complexity index is 1010. The Labute approximate surface area is 175 Å². The Morgan fingerprint density at radius 3 is 2.10 bits per heavy atom. The van der Waals surface area contributed by atoms with Crippen molar-refractivity contribution in [2.45, 2.75) is 39.0 Å². The quantitative estimate of drug-likeness (QED) is 0.604. The Morgan fingerprint density at radius 1 is 1.07 bits per heavy atom. The fraction of sp³-hybridized carbons (Fsp3) is 0.588. The largest absolute Gasteiger partial charge is 0.488 e. The van der Waals surface area contributed by atoms with E-state index in [2.05, 4.69) is 4.18 Å². The number of halogens is 2. The second-order valence-corrected chi connectivity index (χ2v) is 10.2. The number of amides is 1. The molecule has 1 aromatic rings. The number of anilines is 1. The molecule has 1 heterocycles. The minimum Gasteiger partial charge on any atom is -0.444 e. The molecular formula is C17H24F2N2O7S2. The molecule has 1 aliphatic heterocycles. The molecule has 0 aliphatic carbocycles. The molecule has 1 aliphatic rings. The summed E-state index contributed by atoms with van der Waals surface area (Å²) in [5.41, 5.74) is -0.187. The summed E-state index contributed by atoms with van der Waals surface area (Å²) in [6, 6.07) is 2.33. The van der Waals surface area contributed by atoms with Crippen LogP contribution in [0.5, 0.6) is 5.75 Å². The number of rotatable bonds is 5. The lowest BCUT2D eigenvalue weighted by molar-refractivity contribution is 0.0240. The molecule has 0 spiro atoms. The minimum atomic E-state index is -5.38. The zero-order valence-electron chi connectivity index (χ0n) is 17.0. The fourth-order valence-corrected chi connectivity index (χ4v) is 3.94. The van der Waals surface area contributed by atoms with Crippen LogP contribution in [0.3, 0.4) is 0 Å². The molecule has 0 aromatic heterocycles. The highest BCUT2D eigenvalue weighted by Gasteiger charge is 2.28. The SMILES string of the molecule is Cc1c(OS(=O)(=O)F)cc(CS(=O)(=O)F)cc1N1CCN(C(=O)OC(C)(C)C)CC1. The monoisotopic (exact) mass is 470 g/mol. The van der Waals surface area contributed by atoms with Crippen molar-refractivity contribution in [1.29, 1.82) is 0 Å². The summed E-state index contributed by atoms with van der Waals surface area (Å²) in [5, 5.41) is 0. The third kappa shape index (κ3) is 7.27. The van der Waals surface area contributed by atoms with Crippen molar-refractivity contribution in [2.75, 3.05) is 31.1 Å². The number of carbonyl (C=O) groups is 1. The van der Waals surface area contributed by atoms with Gasteiger partial charge in [0.05, 0.1) is 0 Å². The predicted molar refractivity (Wildman–Crippen MR) is 106 cm³/mol. The normalized spacial score (nSPS) is 15.8. The van der Waals surface area contributed by atoms with Crippen LogP contribution in [0.15, 0.2) is 12.1 Å². The van der Waals surface area contributed by atoms with E-state index < -0.39 is 43.9 Å². The first-order valence-electron chi connectivity index (χ1n) is 8.97. The summed E-state index contributed by atoms with van der Waals surface area (Å²) >= 11 is 0. The van der Waals surface area contributed by atoms with Crippen LogP contribution >= 0.6 is 0 Å². The highest BCUT2D eigenvalue weighted by Crippen LogP contribution is 2.33. The number of carbonyl (C=O) groups excluding carboxylic acids is 1. The van der Waals surface area contributed by atoms with Gasteiger partial charge in [-0.25, -0.2) is 4.79 Å². The standard InChI is InChI=1S/C17H24F2N2O7S2/c1-12-14(20-5-7-21(8-6-20)16(22)27-17(2,3)4)9-13(11-29(18,23)24)10-15(12)28-30(19,25)26/h9-10H,5-8,11H2,1-4H3. The Morgan fingerprint density at radius 2 is 1.63 bits per heavy atom. The molecule has 1 aromatic carbocycles. The van der Waals surface area contributed by atoms with Gasteiger partial charge in [0.2, 0.25) is 0 Å². The first kappa shape index (κ1) is 24.1. The van der Waals surface area contributed by atoms with E-state index in [1.807, 2.05) is 0 Å². The van der Waals surface area contributed by atoms with Gasteiger partial charge in [-0.3, -0.25) is 0 Å². The molecule has 0 N–H and O–H groups in total. The molecule has 1 fully saturated rings. The van der Waals surface area contributed by atoms with E-state index in [0.717, 1.165) is 6.07 Å². The van der Waals surface area contributed by atoms with Crippen LogP contribution in [0, 0.1) is 6.92 Å². The average molecular weight is 471 g/mol. The lowest BCUT2D eigenvalue weighted by Crippen LogP contribution is -2.50. The van der Waals surface area contributed by atoms with Crippen LogP contribution in [0.4, 0.5) is 18.3 Å². The number of ether oxygens (including phenoxy) is 1. The number of benzene rings is 1. The second-order valence-electron chi connectivity index (χ2n) is 7.85. The Kier molecular flexibility index (Phi) is 6.86. The molecule has 0 unspecified atom stereocenters. The van der Waals surface area contributed by atoms with Crippen LogP contribution in [0.1, 0.15) is 31.9 Å². The maximum absolute atomic E-state index is 13.2. The van der Waals surface area contributed by atoms with Crippen molar-refractivity contribution >= 4 is 32.5 Å². The van der Waals surface area contributed by atoms with Gasteiger partial charge in [0.15, 0.2) is 5.75 Å². The van der Waals surface area contributed by atoms with E-state index in [9.17, 15) is 29.4 Å². The molecule has 2 rings (SSSR count). The number of hydrogen-bond acceptors (Lipinski definition) is 8. The average Bonchev–Trinajstić information content (AvgIpc) is 2.53. The van der Waals surface area contributed by atoms with Crippen LogP contribution in [-0.4, -0.2) is 59.6 Å². The predicted octanol–water partition coefficient (Wildman–Crippen LogP) is 2.44. The van der Waals surface area contributed by atoms with Crippen molar-refractivity contribution in [3.63, 3.8) is 0 Å². The zero-order chi connectivity index (χ0) is 22.9. The van der Waals surface area contributed by atoms with Gasteiger partial charge in [0, 0.05) is 37.4 Å². The molecule has 30 heavy (non-hydrogen) atoms. The third-order valence-electron chi connectivity index (χ3n) is 4.19. The molecule has 1 saturated heterocycles. The molecular weight excluding hydrogens is 446 g/mol. The lowest BCUT2D eigenvalue weighted by Gasteiger charge is -2.37. The topological polar surface area (TPSA) is 110 Å². The summed E-state index contributed by atoms with van der Waals surface area (Å²) in [6.07, 6.45) is -0.483. The Balaban J connectivity index is 2.29. The van der Waals surface area contributed by atoms with E-state index in [1.165, 1.54) is 17.9 Å². The molecule has 0 saturated carbocycles. The number of hydrogen-bond donors (Lipinski definition) is 0. The molecule has 0 radical (unpaired) electrons. The van der Waals surface area contributed by atoms with E-state index in [0.29, 0.717) is 18.8 Å². The first-order chi connectivity index (χ1) is 13.5. The van der Waals surface area contributed by atoms with Gasteiger partial charge in [-0.1, -0.05) is 3.89 Å². The van der Waals surface area contributed by atoms with Crippen LogP contribution in [0.2, 0.25) is 0 Å². The molecule has 1 amide bonds. The summed E-state index contributed by atoms with van der Waals surface area (Å²) in [4.78, 5) is 15.4. The van der Waals surface area contributed by atoms with Crippen LogP contribution in [0.25, 0.3) is 0 Å². The molecule has 13 heteroatoms. The van der Waals surface area contributed by atoms with Gasteiger partial charge in [-0.15, -0.1) is 3.89 Å². The summed E-state index contributed by atoms with van der Waals surface area (Å²) < 4.78 is 79.7. The number of nitrogens with zero attached hydrogens (tertiary/aromatic N) is 2. The Hall–Kier alpha value is -2.15. The van der Waals surface area contributed by atoms with Crippen molar-refractivity contribution in [3.8, 4) is 5.75 Å². The molecule has 170 valence electrons. The molecule has 0 bridgehead atoms. The summed E-state index contributed by atoms with van der Waals surface area (Å²) in [6.45, 7) is 7.85. The van der Waals surface area contributed by atoms with Gasteiger partial charge >= 0.3 is 26.8 Å². The van der Waals surface area contributed by atoms with Crippen molar-refractivity contribution in [1.82, 2.24) is 4.90 Å². The van der Waals surface area contributed by atoms with Gasteiger partial charge < -0.3 is 18.7 Å². The van der Waals surface area contributed by atoms with E-state index >= 15 is 0 Å². The maximum Gasteiger partial charge on any atom is 0.488 e. The van der Waals surface area contributed by atoms with Crippen molar-refractivity contribution < 1.29 is 38.3 Å². The molecule has 9 nitrogen and oxygen atoms in total. The van der Waals surface area contributed by atoms with Gasteiger partial charge in [-0.05, 0) is 45.4 Å². The van der Waals surface area contributed by atoms with Gasteiger partial charge in [0.1, 0.15) is 11.4 Å². The summed E-state index contributed by atoms with van der Waals surface area (Å²) in [7, 11) is -10.3. The van der Waals surface area contributed by atoms with E-state index in [1.54, 1.807) is 25.7 Å². The minimum absolute atomic E-state index is 0.105. The van der Waals surface area contributed by atoms with E-state index in [-0.39, 0.29) is 24.2 Å². The van der Waals surface area contributed by atoms with Crippen molar-refractivity contribution in [3.05, 3.63) is 23.3 Å². The third-order valence-corrected chi connectivity index (χ3v) is 5.25. The van der Waals surface area contributed by atoms with E-state index in [4.69, 9.17) is 4.74 Å². The maximum atomic E-state index is 13.2. The van der Waals surface area contributed by atoms with Gasteiger partial charge in [0.25, 0.3) is 0 Å². The smallest absolute Gasteiger partial charge is 0.444 e. The number of piperazine rings is 1. The van der Waals surface area contributed by atoms with Crippen LogP contribution in [-0.2, 0) is 31.2 Å².